The first-order valence-corrected chi connectivity index (χ1v) is 7.17. The van der Waals surface area contributed by atoms with E-state index in [1.807, 2.05) is 18.2 Å². The highest BCUT2D eigenvalue weighted by Crippen LogP contribution is 2.30. The number of rotatable bonds is 4. The van der Waals surface area contributed by atoms with Gasteiger partial charge in [-0.1, -0.05) is 46.3 Å². The minimum Gasteiger partial charge on any atom is -0.369 e. The average Bonchev–Trinajstić information content (AvgIpc) is 2.16. The summed E-state index contributed by atoms with van der Waals surface area (Å²) in [5, 5.41) is 0.791. The van der Waals surface area contributed by atoms with Crippen molar-refractivity contribution in [1.82, 2.24) is 0 Å². The van der Waals surface area contributed by atoms with Crippen LogP contribution in [0.3, 0.4) is 0 Å². The molecule has 1 saturated carbocycles. The van der Waals surface area contributed by atoms with Gasteiger partial charge in [0.1, 0.15) is 0 Å². The molecular weight excluding hydrogens is 322 g/mol. The number of halogens is 2. The Morgan fingerprint density at radius 1 is 1.47 bits per heavy atom. The summed E-state index contributed by atoms with van der Waals surface area (Å²) >= 11 is 8.34. The van der Waals surface area contributed by atoms with Gasteiger partial charge in [0.25, 0.3) is 0 Å². The fraction of sp³-hybridized carbons (Fsp3) is 0.500. The number of benzene rings is 1. The second kappa shape index (κ2) is 5.51. The molecule has 0 aromatic heterocycles. The molecule has 1 fully saturated rings. The summed E-state index contributed by atoms with van der Waals surface area (Å²) in [7, 11) is 0. The van der Waals surface area contributed by atoms with Crippen molar-refractivity contribution in [3.63, 3.8) is 0 Å². The molecule has 0 bridgehead atoms. The summed E-state index contributed by atoms with van der Waals surface area (Å²) in [6.07, 6.45) is 4.42. The van der Waals surface area contributed by atoms with E-state index in [4.69, 9.17) is 16.3 Å². The van der Waals surface area contributed by atoms with Crippen LogP contribution in [0, 0.1) is 0 Å². The van der Waals surface area contributed by atoms with Crippen LogP contribution in [-0.2, 0) is 4.74 Å². The third-order valence-corrected chi connectivity index (χ3v) is 3.80. The molecular formula is C12H14ClIO. The number of hydrogen-bond donors (Lipinski definition) is 0. The lowest BCUT2D eigenvalue weighted by Gasteiger charge is -2.30. The molecule has 0 radical (unpaired) electrons. The molecule has 0 amide bonds. The SMILES string of the molecule is Clc1cccc(C(CI)OC2CCC2)c1. The van der Waals surface area contributed by atoms with Crippen molar-refractivity contribution in [1.29, 1.82) is 0 Å². The Hall–Kier alpha value is 0.200. The van der Waals surface area contributed by atoms with E-state index in [1.165, 1.54) is 24.8 Å². The summed E-state index contributed by atoms with van der Waals surface area (Å²) in [4.78, 5) is 0. The normalized spacial score (nSPS) is 18.5. The van der Waals surface area contributed by atoms with Gasteiger partial charge in [0.2, 0.25) is 0 Å². The molecule has 1 aliphatic rings. The molecule has 3 heteroatoms. The van der Waals surface area contributed by atoms with Gasteiger partial charge in [0.05, 0.1) is 12.2 Å². The summed E-state index contributed by atoms with van der Waals surface area (Å²) in [5.41, 5.74) is 1.20. The van der Waals surface area contributed by atoms with Gasteiger partial charge < -0.3 is 4.74 Å². The molecule has 0 spiro atoms. The lowest BCUT2D eigenvalue weighted by molar-refractivity contribution is -0.0411. The number of ether oxygens (including phenoxy) is 1. The van der Waals surface area contributed by atoms with Crippen LogP contribution in [-0.4, -0.2) is 10.5 Å². The standard InChI is InChI=1S/C12H14ClIO/c13-10-4-1-3-9(7-10)12(8-14)15-11-5-2-6-11/h1,3-4,7,11-12H,2,5-6,8H2. The van der Waals surface area contributed by atoms with Gasteiger partial charge in [-0.15, -0.1) is 0 Å². The van der Waals surface area contributed by atoms with Crippen LogP contribution >= 0.6 is 34.2 Å². The van der Waals surface area contributed by atoms with Gasteiger partial charge in [-0.05, 0) is 37.0 Å². The quantitative estimate of drug-likeness (QED) is 0.585. The second-order valence-corrected chi connectivity index (χ2v) is 5.20. The maximum absolute atomic E-state index is 6.01. The Morgan fingerprint density at radius 3 is 2.80 bits per heavy atom. The molecule has 1 unspecified atom stereocenters. The van der Waals surface area contributed by atoms with Gasteiger partial charge in [-0.2, -0.15) is 0 Å². The largest absolute Gasteiger partial charge is 0.369 e. The van der Waals surface area contributed by atoms with Crippen molar-refractivity contribution >= 4 is 34.2 Å². The highest BCUT2D eigenvalue weighted by Gasteiger charge is 2.22. The van der Waals surface area contributed by atoms with Crippen LogP contribution in [0.2, 0.25) is 5.02 Å². The van der Waals surface area contributed by atoms with Crippen molar-refractivity contribution in [2.45, 2.75) is 31.5 Å². The zero-order valence-corrected chi connectivity index (χ0v) is 11.4. The fourth-order valence-electron chi connectivity index (χ4n) is 1.65. The molecule has 0 N–H and O–H groups in total. The van der Waals surface area contributed by atoms with E-state index >= 15 is 0 Å². The van der Waals surface area contributed by atoms with Gasteiger partial charge >= 0.3 is 0 Å². The van der Waals surface area contributed by atoms with Gasteiger partial charge in [-0.25, -0.2) is 0 Å². The first-order valence-electron chi connectivity index (χ1n) is 5.26. The van der Waals surface area contributed by atoms with Gasteiger partial charge in [0.15, 0.2) is 0 Å². The summed E-state index contributed by atoms with van der Waals surface area (Å²) in [6, 6.07) is 7.98. The summed E-state index contributed by atoms with van der Waals surface area (Å²) < 4.78 is 6.99. The van der Waals surface area contributed by atoms with Crippen LogP contribution in [0.25, 0.3) is 0 Å². The minimum atomic E-state index is 0.203. The van der Waals surface area contributed by atoms with Crippen LogP contribution in [0.15, 0.2) is 24.3 Å². The lowest BCUT2D eigenvalue weighted by atomic mass is 9.96. The first-order chi connectivity index (χ1) is 7.29. The van der Waals surface area contributed by atoms with Crippen LogP contribution < -0.4 is 0 Å². The monoisotopic (exact) mass is 336 g/mol. The molecule has 15 heavy (non-hydrogen) atoms. The van der Waals surface area contributed by atoms with Crippen LogP contribution in [0.1, 0.15) is 30.9 Å². The maximum atomic E-state index is 6.01. The zero-order chi connectivity index (χ0) is 10.7. The third-order valence-electron chi connectivity index (χ3n) is 2.77. The minimum absolute atomic E-state index is 0.203. The Kier molecular flexibility index (Phi) is 4.29. The molecule has 0 aliphatic heterocycles. The summed E-state index contributed by atoms with van der Waals surface area (Å²) in [6.45, 7) is 0. The highest BCUT2D eigenvalue weighted by molar-refractivity contribution is 14.1. The van der Waals surface area contributed by atoms with E-state index in [1.54, 1.807) is 0 Å². The molecule has 1 aromatic carbocycles. The van der Waals surface area contributed by atoms with E-state index in [0.717, 1.165) is 9.45 Å². The van der Waals surface area contributed by atoms with E-state index in [0.29, 0.717) is 6.10 Å². The predicted molar refractivity (Wildman–Crippen MR) is 71.8 cm³/mol. The van der Waals surface area contributed by atoms with Crippen molar-refractivity contribution < 1.29 is 4.74 Å². The molecule has 1 aromatic rings. The first kappa shape index (κ1) is 11.7. The topological polar surface area (TPSA) is 9.23 Å². The Labute approximate surface area is 109 Å². The van der Waals surface area contributed by atoms with Crippen molar-refractivity contribution in [3.05, 3.63) is 34.9 Å². The molecule has 2 rings (SSSR count). The van der Waals surface area contributed by atoms with Crippen LogP contribution in [0.5, 0.6) is 0 Å². The van der Waals surface area contributed by atoms with Crippen molar-refractivity contribution in [2.75, 3.05) is 4.43 Å². The molecule has 1 aliphatic carbocycles. The molecule has 82 valence electrons. The van der Waals surface area contributed by atoms with Crippen molar-refractivity contribution in [2.24, 2.45) is 0 Å². The van der Waals surface area contributed by atoms with Crippen LogP contribution in [0.4, 0.5) is 0 Å². The van der Waals surface area contributed by atoms with E-state index < -0.39 is 0 Å². The van der Waals surface area contributed by atoms with E-state index in [9.17, 15) is 0 Å². The highest BCUT2D eigenvalue weighted by atomic mass is 127. The number of hydrogen-bond acceptors (Lipinski definition) is 1. The molecule has 0 saturated heterocycles. The van der Waals surface area contributed by atoms with E-state index in [2.05, 4.69) is 28.7 Å². The lowest BCUT2D eigenvalue weighted by Crippen LogP contribution is -2.24. The Balaban J connectivity index is 2.04. The predicted octanol–water partition coefficient (Wildman–Crippen LogP) is 4.39. The fourth-order valence-corrected chi connectivity index (χ4v) is 2.56. The van der Waals surface area contributed by atoms with Gasteiger partial charge in [-0.3, -0.25) is 0 Å². The van der Waals surface area contributed by atoms with E-state index in [-0.39, 0.29) is 6.10 Å². The smallest absolute Gasteiger partial charge is 0.0918 e. The maximum Gasteiger partial charge on any atom is 0.0918 e. The molecule has 1 nitrogen and oxygen atoms in total. The molecule has 1 atom stereocenters. The molecule has 0 heterocycles. The van der Waals surface area contributed by atoms with Crippen molar-refractivity contribution in [3.8, 4) is 0 Å². The summed E-state index contributed by atoms with van der Waals surface area (Å²) in [5.74, 6) is 0. The van der Waals surface area contributed by atoms with Gasteiger partial charge in [0, 0.05) is 9.45 Å². The zero-order valence-electron chi connectivity index (χ0n) is 8.46. The Bertz CT molecular complexity index is 325. The second-order valence-electron chi connectivity index (χ2n) is 3.89. The average molecular weight is 337 g/mol. The third kappa shape index (κ3) is 3.08. The number of alkyl halides is 1. The Morgan fingerprint density at radius 2 is 2.27 bits per heavy atom.